The predicted molar refractivity (Wildman–Crippen MR) is 65.3 cm³/mol. The lowest BCUT2D eigenvalue weighted by Gasteiger charge is -2.25. The Hall–Kier alpha value is -0.800. The zero-order chi connectivity index (χ0) is 11.4. The fraction of sp³-hybridized carbons (Fsp3) is 0.692. The molecule has 0 saturated carbocycles. The summed E-state index contributed by atoms with van der Waals surface area (Å²) in [5.74, 6) is 1.92. The largest absolute Gasteiger partial charge is 0.468 e. The second-order valence-electron chi connectivity index (χ2n) is 4.65. The van der Waals surface area contributed by atoms with Crippen molar-refractivity contribution in [1.82, 2.24) is 10.2 Å². The molecular formula is C13H22N2O. The van der Waals surface area contributed by atoms with E-state index in [1.54, 1.807) is 6.26 Å². The summed E-state index contributed by atoms with van der Waals surface area (Å²) in [6, 6.07) is 4.55. The van der Waals surface area contributed by atoms with Crippen molar-refractivity contribution < 1.29 is 4.42 Å². The molecule has 0 aromatic carbocycles. The van der Waals surface area contributed by atoms with Gasteiger partial charge in [-0.1, -0.05) is 6.92 Å². The number of nitrogens with one attached hydrogen (secondary N) is 1. The quantitative estimate of drug-likeness (QED) is 0.828. The van der Waals surface area contributed by atoms with Gasteiger partial charge in [0.2, 0.25) is 0 Å². The number of likely N-dealkylation sites (tertiary alicyclic amines) is 1. The predicted octanol–water partition coefficient (Wildman–Crippen LogP) is 2.27. The molecule has 1 aliphatic rings. The molecule has 2 unspecified atom stereocenters. The van der Waals surface area contributed by atoms with Crippen LogP contribution in [0.4, 0.5) is 0 Å². The first kappa shape index (κ1) is 11.7. The Bertz CT molecular complexity index is 297. The summed E-state index contributed by atoms with van der Waals surface area (Å²) in [4.78, 5) is 2.56. The molecule has 1 fully saturated rings. The number of furan rings is 1. The van der Waals surface area contributed by atoms with Crippen molar-refractivity contribution in [2.45, 2.75) is 25.8 Å². The van der Waals surface area contributed by atoms with Gasteiger partial charge in [0, 0.05) is 6.54 Å². The van der Waals surface area contributed by atoms with Crippen LogP contribution in [0.15, 0.2) is 22.8 Å². The van der Waals surface area contributed by atoms with Gasteiger partial charge < -0.3 is 9.73 Å². The molecule has 0 aliphatic carbocycles. The smallest absolute Gasteiger partial charge is 0.120 e. The highest BCUT2D eigenvalue weighted by Crippen LogP contribution is 2.29. The number of hydrogen-bond donors (Lipinski definition) is 1. The normalized spacial score (nSPS) is 23.8. The lowest BCUT2D eigenvalue weighted by atomic mass is 10.1. The third kappa shape index (κ3) is 2.47. The zero-order valence-electron chi connectivity index (χ0n) is 10.3. The minimum Gasteiger partial charge on any atom is -0.468 e. The Balaban J connectivity index is 1.96. The molecule has 2 heterocycles. The van der Waals surface area contributed by atoms with Crippen LogP contribution in [0.25, 0.3) is 0 Å². The van der Waals surface area contributed by atoms with Crippen LogP contribution in [0.1, 0.15) is 31.6 Å². The highest BCUT2D eigenvalue weighted by Gasteiger charge is 2.28. The SMILES string of the molecule is CCC(c1ccco1)N1CCC(CNC)C1. The molecule has 1 aromatic rings. The molecule has 3 nitrogen and oxygen atoms in total. The maximum absolute atomic E-state index is 5.54. The standard InChI is InChI=1S/C13H22N2O/c1-3-12(13-5-4-8-16-13)15-7-6-11(10-15)9-14-2/h4-5,8,11-12,14H,3,6-7,9-10H2,1-2H3. The van der Waals surface area contributed by atoms with Gasteiger partial charge in [0.05, 0.1) is 12.3 Å². The Morgan fingerprint density at radius 1 is 1.62 bits per heavy atom. The lowest BCUT2D eigenvalue weighted by Crippen LogP contribution is -2.28. The first-order valence-corrected chi connectivity index (χ1v) is 6.27. The van der Waals surface area contributed by atoms with Crippen LogP contribution in [0, 0.1) is 5.92 Å². The van der Waals surface area contributed by atoms with Gasteiger partial charge >= 0.3 is 0 Å². The van der Waals surface area contributed by atoms with Gasteiger partial charge in [0.1, 0.15) is 5.76 Å². The molecule has 1 saturated heterocycles. The van der Waals surface area contributed by atoms with Gasteiger partial charge in [-0.2, -0.15) is 0 Å². The summed E-state index contributed by atoms with van der Waals surface area (Å²) in [5.41, 5.74) is 0. The van der Waals surface area contributed by atoms with E-state index in [9.17, 15) is 0 Å². The summed E-state index contributed by atoms with van der Waals surface area (Å²) < 4.78 is 5.54. The van der Waals surface area contributed by atoms with Crippen LogP contribution < -0.4 is 5.32 Å². The Morgan fingerprint density at radius 3 is 3.12 bits per heavy atom. The minimum absolute atomic E-state index is 0.469. The Morgan fingerprint density at radius 2 is 2.50 bits per heavy atom. The topological polar surface area (TPSA) is 28.4 Å². The molecule has 0 spiro atoms. The molecule has 0 bridgehead atoms. The summed E-state index contributed by atoms with van der Waals surface area (Å²) in [6.45, 7) is 5.76. The van der Waals surface area contributed by atoms with E-state index in [4.69, 9.17) is 4.42 Å². The number of hydrogen-bond acceptors (Lipinski definition) is 3. The number of nitrogens with zero attached hydrogens (tertiary/aromatic N) is 1. The summed E-state index contributed by atoms with van der Waals surface area (Å²) in [6.07, 6.45) is 4.21. The van der Waals surface area contributed by atoms with E-state index in [0.29, 0.717) is 6.04 Å². The van der Waals surface area contributed by atoms with Gasteiger partial charge in [-0.05, 0) is 51.0 Å². The Kier molecular flexibility index (Phi) is 4.02. The van der Waals surface area contributed by atoms with Crippen molar-refractivity contribution in [1.29, 1.82) is 0 Å². The first-order valence-electron chi connectivity index (χ1n) is 6.27. The molecule has 2 rings (SSSR count). The van der Waals surface area contributed by atoms with E-state index < -0.39 is 0 Å². The molecule has 16 heavy (non-hydrogen) atoms. The maximum Gasteiger partial charge on any atom is 0.120 e. The van der Waals surface area contributed by atoms with Crippen LogP contribution in [0.5, 0.6) is 0 Å². The molecule has 1 N–H and O–H groups in total. The Labute approximate surface area is 97.8 Å². The summed E-state index contributed by atoms with van der Waals surface area (Å²) in [5, 5.41) is 3.27. The van der Waals surface area contributed by atoms with E-state index in [2.05, 4.69) is 23.2 Å². The van der Waals surface area contributed by atoms with Gasteiger partial charge in [-0.3, -0.25) is 4.90 Å². The maximum atomic E-state index is 5.54. The van der Waals surface area contributed by atoms with Crippen molar-refractivity contribution >= 4 is 0 Å². The molecular weight excluding hydrogens is 200 g/mol. The first-order chi connectivity index (χ1) is 7.85. The van der Waals surface area contributed by atoms with Crippen LogP contribution >= 0.6 is 0 Å². The summed E-state index contributed by atoms with van der Waals surface area (Å²) in [7, 11) is 2.03. The highest BCUT2D eigenvalue weighted by molar-refractivity contribution is 5.05. The molecule has 1 aliphatic heterocycles. The van der Waals surface area contributed by atoms with E-state index >= 15 is 0 Å². The van der Waals surface area contributed by atoms with Crippen molar-refractivity contribution in [2.75, 3.05) is 26.7 Å². The second kappa shape index (κ2) is 5.51. The fourth-order valence-electron chi connectivity index (χ4n) is 2.72. The third-order valence-electron chi connectivity index (χ3n) is 3.51. The van der Waals surface area contributed by atoms with Crippen molar-refractivity contribution in [3.05, 3.63) is 24.2 Å². The monoisotopic (exact) mass is 222 g/mol. The van der Waals surface area contributed by atoms with Crippen molar-refractivity contribution in [3.63, 3.8) is 0 Å². The second-order valence-corrected chi connectivity index (χ2v) is 4.65. The zero-order valence-corrected chi connectivity index (χ0v) is 10.3. The van der Waals surface area contributed by atoms with E-state index in [0.717, 1.165) is 24.6 Å². The van der Waals surface area contributed by atoms with Crippen molar-refractivity contribution in [3.8, 4) is 0 Å². The van der Waals surface area contributed by atoms with Gasteiger partial charge in [-0.25, -0.2) is 0 Å². The minimum atomic E-state index is 0.469. The van der Waals surface area contributed by atoms with Crippen molar-refractivity contribution in [2.24, 2.45) is 5.92 Å². The average molecular weight is 222 g/mol. The van der Waals surface area contributed by atoms with E-state index in [-0.39, 0.29) is 0 Å². The molecule has 0 amide bonds. The van der Waals surface area contributed by atoms with Crippen LogP contribution in [0.2, 0.25) is 0 Å². The molecule has 3 heteroatoms. The fourth-order valence-corrected chi connectivity index (χ4v) is 2.72. The molecule has 0 radical (unpaired) electrons. The van der Waals surface area contributed by atoms with Crippen LogP contribution in [-0.2, 0) is 0 Å². The molecule has 1 aromatic heterocycles. The lowest BCUT2D eigenvalue weighted by molar-refractivity contribution is 0.202. The molecule has 2 atom stereocenters. The van der Waals surface area contributed by atoms with Crippen LogP contribution in [0.3, 0.4) is 0 Å². The van der Waals surface area contributed by atoms with Gasteiger partial charge in [0.15, 0.2) is 0 Å². The number of rotatable bonds is 5. The summed E-state index contributed by atoms with van der Waals surface area (Å²) >= 11 is 0. The van der Waals surface area contributed by atoms with Gasteiger partial charge in [-0.15, -0.1) is 0 Å². The average Bonchev–Trinajstić information content (AvgIpc) is 2.92. The highest BCUT2D eigenvalue weighted by atomic mass is 16.3. The van der Waals surface area contributed by atoms with Crippen LogP contribution in [-0.4, -0.2) is 31.6 Å². The molecule has 90 valence electrons. The van der Waals surface area contributed by atoms with E-state index in [1.807, 2.05) is 13.1 Å². The third-order valence-corrected chi connectivity index (χ3v) is 3.51. The van der Waals surface area contributed by atoms with E-state index in [1.165, 1.54) is 19.5 Å². The van der Waals surface area contributed by atoms with Gasteiger partial charge in [0.25, 0.3) is 0 Å².